The molecule has 1 fully saturated rings. The molecule has 0 radical (unpaired) electrons. The third kappa shape index (κ3) is 3.88. The van der Waals surface area contributed by atoms with Crippen LogP contribution >= 0.6 is 0 Å². The molecular formula is C23H24N2O4. The van der Waals surface area contributed by atoms with Crippen molar-refractivity contribution in [2.75, 3.05) is 13.1 Å². The molecule has 0 aliphatic carbocycles. The zero-order valence-corrected chi connectivity index (χ0v) is 16.2. The van der Waals surface area contributed by atoms with Gasteiger partial charge in [-0.25, -0.2) is 4.79 Å². The van der Waals surface area contributed by atoms with Crippen LogP contribution in [0.1, 0.15) is 34.3 Å². The van der Waals surface area contributed by atoms with Crippen LogP contribution in [0.2, 0.25) is 0 Å². The van der Waals surface area contributed by atoms with Crippen LogP contribution in [0, 0.1) is 5.92 Å². The van der Waals surface area contributed by atoms with E-state index in [9.17, 15) is 19.5 Å². The molecule has 2 atom stereocenters. The molecule has 2 amide bonds. The van der Waals surface area contributed by atoms with Gasteiger partial charge in [-0.1, -0.05) is 42.5 Å². The largest absolute Gasteiger partial charge is 0.480 e. The van der Waals surface area contributed by atoms with E-state index in [-0.39, 0.29) is 17.7 Å². The number of carbonyl (C=O) groups excluding carboxylic acids is 2. The van der Waals surface area contributed by atoms with Gasteiger partial charge in [0.2, 0.25) is 5.91 Å². The van der Waals surface area contributed by atoms with Crippen molar-refractivity contribution in [3.8, 4) is 0 Å². The number of carboxylic acids is 1. The van der Waals surface area contributed by atoms with Crippen molar-refractivity contribution in [2.45, 2.75) is 31.8 Å². The molecule has 0 saturated carbocycles. The SMILES string of the molecule is O=C(O)C1Cc2ccccc2CN1C(=O)C1CCCN(C(=O)c2ccccc2)C1. The minimum absolute atomic E-state index is 0.0816. The molecule has 150 valence electrons. The summed E-state index contributed by atoms with van der Waals surface area (Å²) in [5.41, 5.74) is 2.58. The number of fused-ring (bicyclic) bond motifs is 1. The Morgan fingerprint density at radius 1 is 0.931 bits per heavy atom. The Balaban J connectivity index is 1.52. The maximum atomic E-state index is 13.3. The first kappa shape index (κ1) is 19.2. The second-order valence-corrected chi connectivity index (χ2v) is 7.75. The third-order valence-corrected chi connectivity index (χ3v) is 5.90. The van der Waals surface area contributed by atoms with Crippen molar-refractivity contribution >= 4 is 17.8 Å². The summed E-state index contributed by atoms with van der Waals surface area (Å²) in [6.45, 7) is 1.24. The van der Waals surface area contributed by atoms with Gasteiger partial charge < -0.3 is 14.9 Å². The molecule has 1 N–H and O–H groups in total. The number of rotatable bonds is 3. The van der Waals surface area contributed by atoms with E-state index in [1.165, 1.54) is 4.90 Å². The van der Waals surface area contributed by atoms with Gasteiger partial charge in [0.1, 0.15) is 6.04 Å². The van der Waals surface area contributed by atoms with Gasteiger partial charge in [0, 0.05) is 31.6 Å². The van der Waals surface area contributed by atoms with Gasteiger partial charge in [0.05, 0.1) is 5.92 Å². The Bertz CT molecular complexity index is 927. The van der Waals surface area contributed by atoms with E-state index >= 15 is 0 Å². The zero-order valence-electron chi connectivity index (χ0n) is 16.2. The molecule has 6 nitrogen and oxygen atoms in total. The molecule has 2 aliphatic heterocycles. The van der Waals surface area contributed by atoms with Crippen LogP contribution < -0.4 is 0 Å². The van der Waals surface area contributed by atoms with Crippen molar-refractivity contribution in [2.24, 2.45) is 5.92 Å². The van der Waals surface area contributed by atoms with E-state index in [0.717, 1.165) is 17.5 Å². The van der Waals surface area contributed by atoms with Crippen molar-refractivity contribution in [1.29, 1.82) is 0 Å². The molecule has 1 saturated heterocycles. The molecule has 0 bridgehead atoms. The summed E-state index contributed by atoms with van der Waals surface area (Å²) in [5.74, 6) is -1.61. The number of benzene rings is 2. The summed E-state index contributed by atoms with van der Waals surface area (Å²) in [6, 6.07) is 15.9. The van der Waals surface area contributed by atoms with E-state index in [0.29, 0.717) is 38.0 Å². The Kier molecular flexibility index (Phi) is 5.34. The maximum absolute atomic E-state index is 13.3. The fourth-order valence-electron chi connectivity index (χ4n) is 4.34. The Morgan fingerprint density at radius 2 is 1.62 bits per heavy atom. The summed E-state index contributed by atoms with van der Waals surface area (Å²) in [5, 5.41) is 9.71. The highest BCUT2D eigenvalue weighted by Crippen LogP contribution is 2.28. The summed E-state index contributed by atoms with van der Waals surface area (Å²) in [6.07, 6.45) is 1.72. The van der Waals surface area contributed by atoms with Crippen LogP contribution in [-0.2, 0) is 22.6 Å². The number of aliphatic carboxylic acids is 1. The van der Waals surface area contributed by atoms with Crippen molar-refractivity contribution in [3.05, 3.63) is 71.3 Å². The number of piperidine rings is 1. The van der Waals surface area contributed by atoms with Crippen molar-refractivity contribution in [1.82, 2.24) is 9.80 Å². The number of carbonyl (C=O) groups is 3. The average molecular weight is 392 g/mol. The first-order chi connectivity index (χ1) is 14.0. The molecule has 4 rings (SSSR count). The normalized spacial score (nSPS) is 21.4. The van der Waals surface area contributed by atoms with Gasteiger partial charge in [0.25, 0.3) is 5.91 Å². The van der Waals surface area contributed by atoms with Crippen LogP contribution in [0.5, 0.6) is 0 Å². The molecule has 2 heterocycles. The van der Waals surface area contributed by atoms with Gasteiger partial charge in [-0.15, -0.1) is 0 Å². The number of hydrogen-bond acceptors (Lipinski definition) is 3. The number of amides is 2. The minimum atomic E-state index is -0.985. The summed E-state index contributed by atoms with van der Waals surface area (Å²) in [4.78, 5) is 41.2. The molecule has 2 unspecified atom stereocenters. The van der Waals surface area contributed by atoms with Crippen LogP contribution in [0.15, 0.2) is 54.6 Å². The van der Waals surface area contributed by atoms with E-state index in [4.69, 9.17) is 0 Å². The highest BCUT2D eigenvalue weighted by Gasteiger charge is 2.39. The van der Waals surface area contributed by atoms with Crippen LogP contribution in [-0.4, -0.2) is 51.8 Å². The quantitative estimate of drug-likeness (QED) is 0.871. The highest BCUT2D eigenvalue weighted by atomic mass is 16.4. The standard InChI is InChI=1S/C23H24N2O4/c26-21(16-7-2-1-3-8-16)24-12-6-11-19(14-24)22(27)25-15-18-10-5-4-9-17(18)13-20(25)23(28)29/h1-5,7-10,19-20H,6,11-15H2,(H,28,29). The second-order valence-electron chi connectivity index (χ2n) is 7.75. The van der Waals surface area contributed by atoms with E-state index in [1.807, 2.05) is 42.5 Å². The topological polar surface area (TPSA) is 77.9 Å². The van der Waals surface area contributed by atoms with E-state index < -0.39 is 12.0 Å². The van der Waals surface area contributed by atoms with Gasteiger partial charge >= 0.3 is 5.97 Å². The van der Waals surface area contributed by atoms with E-state index in [2.05, 4.69) is 0 Å². The Morgan fingerprint density at radius 3 is 2.34 bits per heavy atom. The van der Waals surface area contributed by atoms with Crippen molar-refractivity contribution in [3.63, 3.8) is 0 Å². The lowest BCUT2D eigenvalue weighted by molar-refractivity contribution is -0.154. The van der Waals surface area contributed by atoms with Gasteiger partial charge in [0.15, 0.2) is 0 Å². The first-order valence-corrected chi connectivity index (χ1v) is 9.99. The summed E-state index contributed by atoms with van der Waals surface area (Å²) in [7, 11) is 0. The van der Waals surface area contributed by atoms with Gasteiger partial charge in [-0.2, -0.15) is 0 Å². The van der Waals surface area contributed by atoms with Crippen molar-refractivity contribution < 1.29 is 19.5 Å². The number of hydrogen-bond donors (Lipinski definition) is 1. The second kappa shape index (κ2) is 8.07. The van der Waals surface area contributed by atoms with Gasteiger partial charge in [-0.3, -0.25) is 9.59 Å². The molecule has 2 aromatic carbocycles. The average Bonchev–Trinajstić information content (AvgIpc) is 2.77. The summed E-state index contributed by atoms with van der Waals surface area (Å²) < 4.78 is 0. The summed E-state index contributed by atoms with van der Waals surface area (Å²) >= 11 is 0. The fraction of sp³-hybridized carbons (Fsp3) is 0.348. The van der Waals surface area contributed by atoms with Crippen LogP contribution in [0.25, 0.3) is 0 Å². The Labute approximate surface area is 169 Å². The lowest BCUT2D eigenvalue weighted by atomic mass is 9.90. The lowest BCUT2D eigenvalue weighted by Gasteiger charge is -2.39. The molecule has 2 aromatic rings. The van der Waals surface area contributed by atoms with Gasteiger partial charge in [-0.05, 0) is 36.1 Å². The smallest absolute Gasteiger partial charge is 0.326 e. The molecule has 6 heteroatoms. The molecular weight excluding hydrogens is 368 g/mol. The lowest BCUT2D eigenvalue weighted by Crippen LogP contribution is -2.53. The Hall–Kier alpha value is -3.15. The number of carboxylic acid groups (broad SMARTS) is 1. The maximum Gasteiger partial charge on any atom is 0.326 e. The first-order valence-electron chi connectivity index (χ1n) is 9.99. The third-order valence-electron chi connectivity index (χ3n) is 5.90. The zero-order chi connectivity index (χ0) is 20.4. The highest BCUT2D eigenvalue weighted by molar-refractivity contribution is 5.95. The number of nitrogens with zero attached hydrogens (tertiary/aromatic N) is 2. The van der Waals surface area contributed by atoms with Crippen LogP contribution in [0.4, 0.5) is 0 Å². The monoisotopic (exact) mass is 392 g/mol. The van der Waals surface area contributed by atoms with E-state index in [1.54, 1.807) is 17.0 Å². The minimum Gasteiger partial charge on any atom is -0.480 e. The number of likely N-dealkylation sites (tertiary alicyclic amines) is 1. The molecule has 0 spiro atoms. The van der Waals surface area contributed by atoms with Crippen LogP contribution in [0.3, 0.4) is 0 Å². The predicted molar refractivity (Wildman–Crippen MR) is 107 cm³/mol. The predicted octanol–water partition coefficient (Wildman–Crippen LogP) is 2.58. The molecule has 2 aliphatic rings. The molecule has 29 heavy (non-hydrogen) atoms. The molecule has 0 aromatic heterocycles. The fourth-order valence-corrected chi connectivity index (χ4v) is 4.34.